The molecule has 0 saturated carbocycles. The van der Waals surface area contributed by atoms with Gasteiger partial charge in [-0.1, -0.05) is 26.0 Å². The fraction of sp³-hybridized carbons (Fsp3) is 0.643. The Morgan fingerprint density at radius 3 is 2.11 bits per heavy atom. The van der Waals surface area contributed by atoms with Crippen LogP contribution in [0.4, 0.5) is 0 Å². The topological polar surface area (TPSA) is 74.7 Å². The monoisotopic (exact) mass is 265 g/mol. The first kappa shape index (κ1) is 13.8. The normalized spacial score (nSPS) is 27.8. The van der Waals surface area contributed by atoms with E-state index in [-0.39, 0.29) is 29.6 Å². The van der Waals surface area contributed by atoms with Crippen LogP contribution < -0.4 is 0 Å². The summed E-state index contributed by atoms with van der Waals surface area (Å²) in [6.45, 7) is 3.77. The Morgan fingerprint density at radius 1 is 1.26 bits per heavy atom. The van der Waals surface area contributed by atoms with E-state index >= 15 is 0 Å². The maximum atomic E-state index is 12.3. The van der Waals surface area contributed by atoms with Crippen LogP contribution >= 0.6 is 0 Å². The first-order chi connectivity index (χ1) is 8.93. The summed E-state index contributed by atoms with van der Waals surface area (Å²) >= 11 is 0. The number of nitrogens with zero attached hydrogens (tertiary/aromatic N) is 1. The van der Waals surface area contributed by atoms with Gasteiger partial charge in [0.05, 0.1) is 11.8 Å². The van der Waals surface area contributed by atoms with Crippen molar-refractivity contribution in [1.29, 1.82) is 0 Å². The summed E-state index contributed by atoms with van der Waals surface area (Å²) in [5.41, 5.74) is 0. The van der Waals surface area contributed by atoms with Gasteiger partial charge < -0.3 is 5.11 Å². The third-order valence-electron chi connectivity index (χ3n) is 3.83. The second-order valence-electron chi connectivity index (χ2n) is 5.69. The van der Waals surface area contributed by atoms with Crippen molar-refractivity contribution in [1.82, 2.24) is 4.90 Å². The van der Waals surface area contributed by atoms with E-state index < -0.39 is 12.0 Å². The number of imide groups is 1. The van der Waals surface area contributed by atoms with Crippen LogP contribution in [0.15, 0.2) is 12.2 Å². The van der Waals surface area contributed by atoms with Crippen LogP contribution in [0.2, 0.25) is 0 Å². The molecule has 5 nitrogen and oxygen atoms in total. The summed E-state index contributed by atoms with van der Waals surface area (Å²) in [5, 5.41) is 9.29. The van der Waals surface area contributed by atoms with Crippen LogP contribution in [0.3, 0.4) is 0 Å². The number of aliphatic carboxylic acids is 1. The smallest absolute Gasteiger partial charge is 0.326 e. The average molecular weight is 265 g/mol. The van der Waals surface area contributed by atoms with Gasteiger partial charge in [-0.3, -0.25) is 14.5 Å². The maximum Gasteiger partial charge on any atom is 0.326 e. The van der Waals surface area contributed by atoms with Gasteiger partial charge in [-0.05, 0) is 25.2 Å². The zero-order valence-electron chi connectivity index (χ0n) is 11.2. The Bertz CT molecular complexity index is 415. The third kappa shape index (κ3) is 2.41. The molecule has 1 heterocycles. The van der Waals surface area contributed by atoms with Crippen LogP contribution in [-0.2, 0) is 14.4 Å². The van der Waals surface area contributed by atoms with Gasteiger partial charge in [-0.2, -0.15) is 0 Å². The Morgan fingerprint density at radius 2 is 1.74 bits per heavy atom. The van der Waals surface area contributed by atoms with Crippen molar-refractivity contribution >= 4 is 17.8 Å². The van der Waals surface area contributed by atoms with E-state index in [1.807, 2.05) is 26.0 Å². The van der Waals surface area contributed by atoms with Gasteiger partial charge in [0, 0.05) is 0 Å². The lowest BCUT2D eigenvalue weighted by Crippen LogP contribution is -2.46. The van der Waals surface area contributed by atoms with Crippen LogP contribution in [0.1, 0.15) is 33.1 Å². The highest BCUT2D eigenvalue weighted by Gasteiger charge is 2.51. The molecule has 0 radical (unpaired) electrons. The highest BCUT2D eigenvalue weighted by Crippen LogP contribution is 2.36. The number of hydrogen-bond donors (Lipinski definition) is 1. The Kier molecular flexibility index (Phi) is 3.73. The fourth-order valence-corrected chi connectivity index (χ4v) is 2.90. The number of fused-ring (bicyclic) bond motifs is 1. The fourth-order valence-electron chi connectivity index (χ4n) is 2.90. The minimum Gasteiger partial charge on any atom is -0.480 e. The number of likely N-dealkylation sites (tertiary alicyclic amines) is 1. The second kappa shape index (κ2) is 5.15. The molecule has 1 N–H and O–H groups in total. The molecule has 19 heavy (non-hydrogen) atoms. The standard InChI is InChI=1S/C14H19NO4/c1-8(2)7-11(14(18)19)15-12(16)9-5-3-4-6-10(9)13(15)17/h3-4,8-11H,5-7H2,1-2H3,(H,18,19). The van der Waals surface area contributed by atoms with Crippen molar-refractivity contribution in [2.45, 2.75) is 39.2 Å². The minimum atomic E-state index is -1.10. The predicted molar refractivity (Wildman–Crippen MR) is 68.1 cm³/mol. The molecular formula is C14H19NO4. The van der Waals surface area contributed by atoms with Crippen molar-refractivity contribution in [3.8, 4) is 0 Å². The van der Waals surface area contributed by atoms with E-state index in [4.69, 9.17) is 0 Å². The number of rotatable bonds is 4. The molecule has 0 aromatic rings. The van der Waals surface area contributed by atoms with Gasteiger partial charge >= 0.3 is 5.97 Å². The summed E-state index contributed by atoms with van der Waals surface area (Å²) in [6, 6.07) is -1.02. The van der Waals surface area contributed by atoms with Crippen molar-refractivity contribution < 1.29 is 19.5 Å². The Balaban J connectivity index is 2.26. The van der Waals surface area contributed by atoms with Crippen LogP contribution in [0, 0.1) is 17.8 Å². The number of amides is 2. The lowest BCUT2D eigenvalue weighted by Gasteiger charge is -2.24. The van der Waals surface area contributed by atoms with Crippen LogP contribution in [0.25, 0.3) is 0 Å². The molecule has 1 fully saturated rings. The van der Waals surface area contributed by atoms with Crippen molar-refractivity contribution in [2.75, 3.05) is 0 Å². The molecule has 0 spiro atoms. The molecule has 0 bridgehead atoms. The number of carbonyl (C=O) groups is 3. The first-order valence-corrected chi connectivity index (χ1v) is 6.68. The summed E-state index contributed by atoms with van der Waals surface area (Å²) in [7, 11) is 0. The van der Waals surface area contributed by atoms with Gasteiger partial charge in [0.25, 0.3) is 0 Å². The van der Waals surface area contributed by atoms with Crippen molar-refractivity contribution in [3.63, 3.8) is 0 Å². The second-order valence-corrected chi connectivity index (χ2v) is 5.69. The van der Waals surface area contributed by atoms with Crippen molar-refractivity contribution in [3.05, 3.63) is 12.2 Å². The number of hydrogen-bond acceptors (Lipinski definition) is 3. The van der Waals surface area contributed by atoms with E-state index in [0.717, 1.165) is 4.90 Å². The van der Waals surface area contributed by atoms with Gasteiger partial charge in [0.15, 0.2) is 0 Å². The first-order valence-electron chi connectivity index (χ1n) is 6.68. The zero-order chi connectivity index (χ0) is 14.2. The Labute approximate surface area is 112 Å². The average Bonchev–Trinajstić information content (AvgIpc) is 2.60. The molecular weight excluding hydrogens is 246 g/mol. The molecule has 1 aliphatic carbocycles. The van der Waals surface area contributed by atoms with E-state index in [2.05, 4.69) is 0 Å². The summed E-state index contributed by atoms with van der Waals surface area (Å²) in [5.74, 6) is -2.32. The summed E-state index contributed by atoms with van der Waals surface area (Å²) < 4.78 is 0. The van der Waals surface area contributed by atoms with E-state index in [1.54, 1.807) is 0 Å². The quantitative estimate of drug-likeness (QED) is 0.616. The van der Waals surface area contributed by atoms with E-state index in [1.165, 1.54) is 0 Å². The number of carboxylic acid groups (broad SMARTS) is 1. The molecule has 0 aromatic heterocycles. The molecule has 1 aliphatic heterocycles. The molecule has 0 aromatic carbocycles. The van der Waals surface area contributed by atoms with Gasteiger partial charge in [0.1, 0.15) is 6.04 Å². The van der Waals surface area contributed by atoms with Gasteiger partial charge in [-0.15, -0.1) is 0 Å². The van der Waals surface area contributed by atoms with Gasteiger partial charge in [0.2, 0.25) is 11.8 Å². The summed E-state index contributed by atoms with van der Waals surface area (Å²) in [6.07, 6.45) is 5.18. The molecule has 104 valence electrons. The molecule has 2 rings (SSSR count). The van der Waals surface area contributed by atoms with E-state index in [0.29, 0.717) is 19.3 Å². The van der Waals surface area contributed by atoms with Gasteiger partial charge in [-0.25, -0.2) is 4.79 Å². The third-order valence-corrected chi connectivity index (χ3v) is 3.83. The Hall–Kier alpha value is -1.65. The molecule has 2 amide bonds. The zero-order valence-corrected chi connectivity index (χ0v) is 11.2. The molecule has 1 saturated heterocycles. The molecule has 3 atom stereocenters. The largest absolute Gasteiger partial charge is 0.480 e. The SMILES string of the molecule is CC(C)CC(C(=O)O)N1C(=O)C2CC=CCC2C1=O. The van der Waals surface area contributed by atoms with Crippen molar-refractivity contribution in [2.24, 2.45) is 17.8 Å². The highest BCUT2D eigenvalue weighted by atomic mass is 16.4. The van der Waals surface area contributed by atoms with E-state index in [9.17, 15) is 19.5 Å². The number of carboxylic acids is 1. The number of allylic oxidation sites excluding steroid dienone is 2. The highest BCUT2D eigenvalue weighted by molar-refractivity contribution is 6.07. The maximum absolute atomic E-state index is 12.3. The predicted octanol–water partition coefficient (Wildman–Crippen LogP) is 1.44. The number of carbonyl (C=O) groups excluding carboxylic acids is 2. The van der Waals surface area contributed by atoms with Crippen LogP contribution in [-0.4, -0.2) is 33.8 Å². The minimum absolute atomic E-state index is 0.113. The molecule has 5 heteroatoms. The lowest BCUT2D eigenvalue weighted by molar-refractivity contribution is -0.155. The molecule has 2 aliphatic rings. The molecule has 3 unspecified atom stereocenters. The lowest BCUT2D eigenvalue weighted by atomic mass is 9.85. The summed E-state index contributed by atoms with van der Waals surface area (Å²) in [4.78, 5) is 36.9. The van der Waals surface area contributed by atoms with Crippen LogP contribution in [0.5, 0.6) is 0 Å².